The molecule has 2 amide bonds. The SMILES string of the molecule is CC(C)(C)OC(=O)N(CCNC(=O)c1ccc(CNC[C@@H](O)c2ccc(O)c3[nH]c(=O)sc23)cc1)CCc1cnc(C(O)(c2ccccc2)C2CCCCC2)o1. The molecular weight excluding hydrogens is 735 g/mol. The number of hydrogen-bond donors (Lipinski definition) is 6. The second kappa shape index (κ2) is 17.8. The standard InChI is InChI=1S/C42H51N5O8S/c1-41(2,3)55-40(52)47(22-20-31-25-45-38(54-31)42(53,29-10-6-4-7-11-29)30-12-8-5-9-13-30)23-21-44-37(50)28-16-14-27(15-17-28)24-43-26-34(49)32-18-19-33(48)35-36(32)56-39(51)46-35/h4,6-7,10-11,14-19,25,30,34,43,48-49,53H,5,8-9,12-13,20-24,26H2,1-3H3,(H,44,50)(H,46,51)/t34-,42?/m1/s1. The Morgan fingerprint density at radius 3 is 2.48 bits per heavy atom. The fraction of sp³-hybridized carbons (Fsp3) is 0.429. The Hall–Kier alpha value is -5.02. The van der Waals surface area contributed by atoms with E-state index in [4.69, 9.17) is 9.15 Å². The van der Waals surface area contributed by atoms with Gasteiger partial charge in [-0.3, -0.25) is 9.59 Å². The van der Waals surface area contributed by atoms with Crippen LogP contribution < -0.4 is 15.5 Å². The minimum atomic E-state index is -1.36. The van der Waals surface area contributed by atoms with Crippen LogP contribution in [0.1, 0.15) is 97.7 Å². The number of ether oxygens (including phenoxy) is 1. The lowest BCUT2D eigenvalue weighted by Gasteiger charge is -2.36. The van der Waals surface area contributed by atoms with Gasteiger partial charge in [-0.05, 0) is 62.9 Å². The van der Waals surface area contributed by atoms with E-state index in [-0.39, 0.29) is 54.5 Å². The smallest absolute Gasteiger partial charge is 0.410 e. The number of aromatic amines is 1. The molecule has 0 aliphatic heterocycles. The van der Waals surface area contributed by atoms with Crippen molar-refractivity contribution < 1.29 is 34.1 Å². The van der Waals surface area contributed by atoms with Crippen LogP contribution in [0.4, 0.5) is 4.79 Å². The first kappa shape index (κ1) is 40.6. The van der Waals surface area contributed by atoms with Gasteiger partial charge in [-0.2, -0.15) is 0 Å². The molecule has 6 N–H and O–H groups in total. The summed E-state index contributed by atoms with van der Waals surface area (Å²) in [5, 5.41) is 39.1. The topological polar surface area (TPSA) is 190 Å². The first-order valence-corrected chi connectivity index (χ1v) is 19.9. The summed E-state index contributed by atoms with van der Waals surface area (Å²) in [5.41, 5.74) is 0.863. The number of aromatic hydroxyl groups is 1. The molecule has 13 nitrogen and oxygen atoms in total. The van der Waals surface area contributed by atoms with Gasteiger partial charge in [-0.1, -0.05) is 79.1 Å². The highest BCUT2D eigenvalue weighted by Gasteiger charge is 2.44. The van der Waals surface area contributed by atoms with Crippen LogP contribution in [0.5, 0.6) is 5.75 Å². The zero-order chi connectivity index (χ0) is 39.9. The van der Waals surface area contributed by atoms with E-state index in [0.717, 1.165) is 54.6 Å². The number of carbonyl (C=O) groups is 2. The number of benzene rings is 3. The highest BCUT2D eigenvalue weighted by molar-refractivity contribution is 7.16. The summed E-state index contributed by atoms with van der Waals surface area (Å²) in [5.74, 6) is 0.419. The molecule has 5 aromatic rings. The average Bonchev–Trinajstić information content (AvgIpc) is 3.83. The Bertz CT molecular complexity index is 2140. The molecule has 298 valence electrons. The van der Waals surface area contributed by atoms with E-state index in [1.807, 2.05) is 42.5 Å². The zero-order valence-electron chi connectivity index (χ0n) is 32.0. The van der Waals surface area contributed by atoms with E-state index in [1.54, 1.807) is 45.2 Å². The summed E-state index contributed by atoms with van der Waals surface area (Å²) in [6.07, 6.45) is 5.49. The van der Waals surface area contributed by atoms with Gasteiger partial charge in [0.05, 0.1) is 17.0 Å². The van der Waals surface area contributed by atoms with Gasteiger partial charge in [0.15, 0.2) is 5.60 Å². The maximum atomic E-state index is 13.3. The van der Waals surface area contributed by atoms with E-state index in [2.05, 4.69) is 20.6 Å². The Labute approximate surface area is 329 Å². The first-order chi connectivity index (χ1) is 26.8. The van der Waals surface area contributed by atoms with E-state index in [9.17, 15) is 29.7 Å². The molecule has 0 radical (unpaired) electrons. The van der Waals surface area contributed by atoms with Crippen LogP contribution >= 0.6 is 11.3 Å². The highest BCUT2D eigenvalue weighted by atomic mass is 32.1. The summed E-state index contributed by atoms with van der Waals surface area (Å²) in [6.45, 7) is 6.63. The number of hydrogen-bond acceptors (Lipinski definition) is 11. The quantitative estimate of drug-likeness (QED) is 0.0720. The number of rotatable bonds is 15. The van der Waals surface area contributed by atoms with Crippen molar-refractivity contribution >= 4 is 33.6 Å². The zero-order valence-corrected chi connectivity index (χ0v) is 32.9. The number of nitrogens with one attached hydrogen (secondary N) is 3. The number of phenols is 1. The van der Waals surface area contributed by atoms with Crippen molar-refractivity contribution in [3.63, 3.8) is 0 Å². The number of H-pyrrole nitrogens is 1. The van der Waals surface area contributed by atoms with E-state index < -0.39 is 23.4 Å². The minimum Gasteiger partial charge on any atom is -0.506 e. The molecule has 0 saturated heterocycles. The van der Waals surface area contributed by atoms with Crippen molar-refractivity contribution in [2.24, 2.45) is 5.92 Å². The Kier molecular flexibility index (Phi) is 12.9. The van der Waals surface area contributed by atoms with Gasteiger partial charge in [-0.25, -0.2) is 9.78 Å². The molecule has 14 heteroatoms. The van der Waals surface area contributed by atoms with Crippen molar-refractivity contribution in [1.82, 2.24) is 25.5 Å². The maximum Gasteiger partial charge on any atom is 0.410 e. The lowest BCUT2D eigenvalue weighted by molar-refractivity contribution is -0.0240. The van der Waals surface area contributed by atoms with E-state index >= 15 is 0 Å². The number of amides is 2. The van der Waals surface area contributed by atoms with Crippen molar-refractivity contribution in [3.05, 3.63) is 116 Å². The molecule has 2 atom stereocenters. The van der Waals surface area contributed by atoms with Gasteiger partial charge in [0.2, 0.25) is 5.89 Å². The molecule has 1 aliphatic carbocycles. The maximum absolute atomic E-state index is 13.3. The summed E-state index contributed by atoms with van der Waals surface area (Å²) in [4.78, 5) is 46.5. The molecule has 2 aromatic heterocycles. The summed E-state index contributed by atoms with van der Waals surface area (Å²) in [7, 11) is 0. The summed E-state index contributed by atoms with van der Waals surface area (Å²) < 4.78 is 12.4. The molecule has 1 aliphatic rings. The number of oxazole rings is 1. The third-order valence-electron chi connectivity index (χ3n) is 10.1. The van der Waals surface area contributed by atoms with Crippen molar-refractivity contribution in [2.75, 3.05) is 26.2 Å². The number of aliphatic hydroxyl groups excluding tert-OH is 1. The Morgan fingerprint density at radius 2 is 1.77 bits per heavy atom. The minimum absolute atomic E-state index is 0.0239. The van der Waals surface area contributed by atoms with Gasteiger partial charge in [0.25, 0.3) is 5.91 Å². The predicted octanol–water partition coefficient (Wildman–Crippen LogP) is 6.13. The van der Waals surface area contributed by atoms with Crippen LogP contribution in [0.3, 0.4) is 0 Å². The first-order valence-electron chi connectivity index (χ1n) is 19.1. The average molecular weight is 786 g/mol. The number of fused-ring (bicyclic) bond motifs is 1. The van der Waals surface area contributed by atoms with Crippen LogP contribution in [-0.2, 0) is 23.3 Å². The summed E-state index contributed by atoms with van der Waals surface area (Å²) in [6, 6.07) is 19.6. The molecule has 56 heavy (non-hydrogen) atoms. The van der Waals surface area contributed by atoms with E-state index in [0.29, 0.717) is 40.1 Å². The Morgan fingerprint density at radius 1 is 1.04 bits per heavy atom. The highest BCUT2D eigenvalue weighted by Crippen LogP contribution is 2.43. The van der Waals surface area contributed by atoms with Gasteiger partial charge < -0.3 is 45.0 Å². The van der Waals surface area contributed by atoms with Crippen molar-refractivity contribution in [2.45, 2.75) is 83.1 Å². The molecule has 0 spiro atoms. The largest absolute Gasteiger partial charge is 0.506 e. The number of aliphatic hydroxyl groups is 2. The van der Waals surface area contributed by atoms with Crippen LogP contribution in [0.2, 0.25) is 0 Å². The molecule has 2 heterocycles. The lowest BCUT2D eigenvalue weighted by atomic mass is 9.73. The fourth-order valence-corrected chi connectivity index (χ4v) is 8.08. The second-order valence-electron chi connectivity index (χ2n) is 15.3. The van der Waals surface area contributed by atoms with Crippen molar-refractivity contribution in [1.29, 1.82) is 0 Å². The lowest BCUT2D eigenvalue weighted by Crippen LogP contribution is -2.42. The number of thiazole rings is 1. The van der Waals surface area contributed by atoms with Gasteiger partial charge in [0.1, 0.15) is 22.6 Å². The van der Waals surface area contributed by atoms with E-state index in [1.165, 1.54) is 11.0 Å². The summed E-state index contributed by atoms with van der Waals surface area (Å²) >= 11 is 0.936. The normalized spacial score (nSPS) is 15.3. The van der Waals surface area contributed by atoms with Crippen LogP contribution in [-0.4, -0.2) is 74.0 Å². The number of nitrogens with zero attached hydrogens (tertiary/aromatic N) is 2. The Balaban J connectivity index is 1.02. The predicted molar refractivity (Wildman–Crippen MR) is 214 cm³/mol. The van der Waals surface area contributed by atoms with Crippen LogP contribution in [0.25, 0.3) is 10.2 Å². The van der Waals surface area contributed by atoms with Crippen LogP contribution in [0.15, 0.2) is 82.1 Å². The monoisotopic (exact) mass is 785 g/mol. The number of aromatic nitrogens is 2. The van der Waals surface area contributed by atoms with Gasteiger partial charge in [0, 0.05) is 56.2 Å². The molecule has 0 bridgehead atoms. The molecule has 6 rings (SSSR count). The van der Waals surface area contributed by atoms with Crippen molar-refractivity contribution in [3.8, 4) is 5.75 Å². The fourth-order valence-electron chi connectivity index (χ4n) is 7.16. The number of phenolic OH excluding ortho intramolecular Hbond substituents is 1. The third-order valence-corrected chi connectivity index (χ3v) is 11.0. The molecule has 1 fully saturated rings. The molecule has 1 saturated carbocycles. The van der Waals surface area contributed by atoms with Crippen LogP contribution in [0, 0.1) is 5.92 Å². The number of carbonyl (C=O) groups excluding carboxylic acids is 2. The third kappa shape index (κ3) is 9.85. The molecule has 3 aromatic carbocycles. The molecular formula is C42H51N5O8S. The van der Waals surface area contributed by atoms with Gasteiger partial charge in [-0.15, -0.1) is 0 Å². The second-order valence-corrected chi connectivity index (χ2v) is 16.3. The molecule has 1 unspecified atom stereocenters. The van der Waals surface area contributed by atoms with Gasteiger partial charge >= 0.3 is 11.0 Å².